The molecule has 0 bridgehead atoms. The number of nitrogens with two attached hydrogens (primary N) is 1. The molecule has 2 N–H and O–H groups in total. The molecule has 0 aromatic carbocycles. The Labute approximate surface area is 104 Å². The van der Waals surface area contributed by atoms with E-state index in [9.17, 15) is 0 Å². The van der Waals surface area contributed by atoms with E-state index in [1.54, 1.807) is 0 Å². The summed E-state index contributed by atoms with van der Waals surface area (Å²) in [5, 5.41) is 0. The van der Waals surface area contributed by atoms with Crippen molar-refractivity contribution in [3.05, 3.63) is 23.0 Å². The Kier molecular flexibility index (Phi) is 3.91. The Bertz CT molecular complexity index is 423. The molecule has 2 heteroatoms. The number of unbranched alkanes of at least 4 members (excludes halogenated alkanes) is 2. The summed E-state index contributed by atoms with van der Waals surface area (Å²) in [6.07, 6.45) is 12.0. The molecule has 0 spiro atoms. The summed E-state index contributed by atoms with van der Waals surface area (Å²) in [6.45, 7) is 3.28. The van der Waals surface area contributed by atoms with E-state index in [0.717, 1.165) is 25.8 Å². The van der Waals surface area contributed by atoms with Crippen molar-refractivity contribution in [3.63, 3.8) is 0 Å². The van der Waals surface area contributed by atoms with Gasteiger partial charge in [-0.15, -0.1) is 12.3 Å². The van der Waals surface area contributed by atoms with Crippen molar-refractivity contribution in [1.29, 1.82) is 0 Å². The van der Waals surface area contributed by atoms with Crippen LogP contribution in [0.1, 0.15) is 55.1 Å². The van der Waals surface area contributed by atoms with Crippen LogP contribution in [0.3, 0.4) is 0 Å². The summed E-state index contributed by atoms with van der Waals surface area (Å²) in [5.74, 6) is 2.70. The molecule has 1 unspecified atom stereocenters. The van der Waals surface area contributed by atoms with E-state index in [1.807, 2.05) is 0 Å². The predicted molar refractivity (Wildman–Crippen MR) is 71.7 cm³/mol. The van der Waals surface area contributed by atoms with Crippen LogP contribution >= 0.6 is 0 Å². The number of aromatic nitrogens is 1. The second-order valence-corrected chi connectivity index (χ2v) is 5.00. The minimum absolute atomic E-state index is 0.254. The first-order valence-corrected chi connectivity index (χ1v) is 6.62. The molecule has 2 nitrogen and oxygen atoms in total. The zero-order chi connectivity index (χ0) is 12.3. The third kappa shape index (κ3) is 2.56. The number of rotatable bonds is 4. The van der Waals surface area contributed by atoms with Gasteiger partial charge in [0.1, 0.15) is 0 Å². The average molecular weight is 230 g/mol. The molecule has 1 atom stereocenters. The molecule has 0 fully saturated rings. The van der Waals surface area contributed by atoms with Crippen molar-refractivity contribution < 1.29 is 0 Å². The van der Waals surface area contributed by atoms with Crippen LogP contribution in [-0.4, -0.2) is 4.57 Å². The fraction of sp³-hybridized carbons (Fsp3) is 0.600. The van der Waals surface area contributed by atoms with Crippen molar-refractivity contribution >= 4 is 0 Å². The van der Waals surface area contributed by atoms with Crippen molar-refractivity contribution in [2.24, 2.45) is 5.73 Å². The molecule has 1 aliphatic rings. The minimum atomic E-state index is 0.254. The van der Waals surface area contributed by atoms with Gasteiger partial charge < -0.3 is 10.3 Å². The number of aryl methyl sites for hydroxylation is 1. The van der Waals surface area contributed by atoms with Crippen molar-refractivity contribution in [2.75, 3.05) is 0 Å². The van der Waals surface area contributed by atoms with Crippen molar-refractivity contribution in [3.8, 4) is 12.3 Å². The van der Waals surface area contributed by atoms with Crippen LogP contribution in [0.15, 0.2) is 6.07 Å². The summed E-state index contributed by atoms with van der Waals surface area (Å²) in [6, 6.07) is 2.53. The summed E-state index contributed by atoms with van der Waals surface area (Å²) >= 11 is 0. The maximum absolute atomic E-state index is 6.17. The highest BCUT2D eigenvalue weighted by Crippen LogP contribution is 2.30. The van der Waals surface area contributed by atoms with Gasteiger partial charge in [0.05, 0.1) is 0 Å². The Morgan fingerprint density at radius 1 is 1.53 bits per heavy atom. The SMILES string of the molecule is C#CCCCCn1c(C)cc2c1CCCC2N. The van der Waals surface area contributed by atoms with Gasteiger partial charge in [0.15, 0.2) is 0 Å². The van der Waals surface area contributed by atoms with Crippen molar-refractivity contribution in [1.82, 2.24) is 4.57 Å². The van der Waals surface area contributed by atoms with Crippen LogP contribution in [0, 0.1) is 19.3 Å². The van der Waals surface area contributed by atoms with E-state index >= 15 is 0 Å². The van der Waals surface area contributed by atoms with Gasteiger partial charge in [-0.25, -0.2) is 0 Å². The minimum Gasteiger partial charge on any atom is -0.349 e. The maximum atomic E-state index is 6.17. The highest BCUT2D eigenvalue weighted by molar-refractivity contribution is 5.32. The van der Waals surface area contributed by atoms with Crippen LogP contribution < -0.4 is 5.73 Å². The maximum Gasteiger partial charge on any atom is 0.0313 e. The molecule has 0 aliphatic heterocycles. The normalized spacial score (nSPS) is 18.8. The van der Waals surface area contributed by atoms with Crippen LogP contribution in [-0.2, 0) is 13.0 Å². The molecule has 17 heavy (non-hydrogen) atoms. The molecule has 0 saturated carbocycles. The summed E-state index contributed by atoms with van der Waals surface area (Å²) in [5.41, 5.74) is 10.4. The van der Waals surface area contributed by atoms with Crippen LogP contribution in [0.4, 0.5) is 0 Å². The standard InChI is InChI=1S/C15H22N2/c1-3-4-5-6-10-17-12(2)11-13-14(16)8-7-9-15(13)17/h1,11,14H,4-10,16H2,2H3. The molecule has 92 valence electrons. The Balaban J connectivity index is 2.09. The molecule has 0 radical (unpaired) electrons. The fourth-order valence-corrected chi connectivity index (χ4v) is 2.81. The predicted octanol–water partition coefficient (Wildman–Crippen LogP) is 2.94. The zero-order valence-corrected chi connectivity index (χ0v) is 10.7. The molecule has 1 aromatic heterocycles. The lowest BCUT2D eigenvalue weighted by Gasteiger charge is -2.21. The highest BCUT2D eigenvalue weighted by Gasteiger charge is 2.21. The van der Waals surface area contributed by atoms with Gasteiger partial charge in [-0.05, 0) is 50.7 Å². The molecule has 2 rings (SSSR count). The summed E-state index contributed by atoms with van der Waals surface area (Å²) < 4.78 is 2.45. The van der Waals surface area contributed by atoms with E-state index in [4.69, 9.17) is 12.2 Å². The quantitative estimate of drug-likeness (QED) is 0.625. The third-order valence-electron chi connectivity index (χ3n) is 3.73. The van der Waals surface area contributed by atoms with Gasteiger partial charge in [0.2, 0.25) is 0 Å². The number of hydrogen-bond acceptors (Lipinski definition) is 1. The smallest absolute Gasteiger partial charge is 0.0313 e. The van der Waals surface area contributed by atoms with Gasteiger partial charge in [0, 0.05) is 30.4 Å². The van der Waals surface area contributed by atoms with Gasteiger partial charge in [-0.3, -0.25) is 0 Å². The highest BCUT2D eigenvalue weighted by atomic mass is 15.0. The van der Waals surface area contributed by atoms with Crippen LogP contribution in [0.25, 0.3) is 0 Å². The van der Waals surface area contributed by atoms with E-state index in [0.29, 0.717) is 0 Å². The van der Waals surface area contributed by atoms with E-state index in [-0.39, 0.29) is 6.04 Å². The first-order valence-electron chi connectivity index (χ1n) is 6.62. The first kappa shape index (κ1) is 12.3. The van der Waals surface area contributed by atoms with E-state index < -0.39 is 0 Å². The van der Waals surface area contributed by atoms with Gasteiger partial charge in [-0.1, -0.05) is 0 Å². The van der Waals surface area contributed by atoms with E-state index in [1.165, 1.54) is 36.2 Å². The van der Waals surface area contributed by atoms with E-state index in [2.05, 4.69) is 23.5 Å². The summed E-state index contributed by atoms with van der Waals surface area (Å²) in [4.78, 5) is 0. The Morgan fingerprint density at radius 3 is 3.12 bits per heavy atom. The molecular formula is C15H22N2. The van der Waals surface area contributed by atoms with Gasteiger partial charge in [0.25, 0.3) is 0 Å². The van der Waals surface area contributed by atoms with Gasteiger partial charge >= 0.3 is 0 Å². The topological polar surface area (TPSA) is 30.9 Å². The third-order valence-corrected chi connectivity index (χ3v) is 3.73. The largest absolute Gasteiger partial charge is 0.349 e. The number of nitrogens with zero attached hydrogens (tertiary/aromatic N) is 1. The van der Waals surface area contributed by atoms with Crippen LogP contribution in [0.2, 0.25) is 0 Å². The zero-order valence-electron chi connectivity index (χ0n) is 10.7. The fourth-order valence-electron chi connectivity index (χ4n) is 2.81. The lowest BCUT2D eigenvalue weighted by Crippen LogP contribution is -2.18. The molecule has 0 amide bonds. The number of fused-ring (bicyclic) bond motifs is 1. The molecule has 1 heterocycles. The number of terminal acetylenes is 1. The molecule has 1 aliphatic carbocycles. The molecule has 0 saturated heterocycles. The van der Waals surface area contributed by atoms with Crippen molar-refractivity contribution in [2.45, 2.75) is 58.0 Å². The first-order chi connectivity index (χ1) is 8.24. The number of hydrogen-bond donors (Lipinski definition) is 1. The average Bonchev–Trinajstić information content (AvgIpc) is 2.63. The Morgan fingerprint density at radius 2 is 2.35 bits per heavy atom. The van der Waals surface area contributed by atoms with Gasteiger partial charge in [-0.2, -0.15) is 0 Å². The van der Waals surface area contributed by atoms with Crippen LogP contribution in [0.5, 0.6) is 0 Å². The monoisotopic (exact) mass is 230 g/mol. The second-order valence-electron chi connectivity index (χ2n) is 5.00. The molecular weight excluding hydrogens is 208 g/mol. The second kappa shape index (κ2) is 5.42. The lowest BCUT2D eigenvalue weighted by molar-refractivity contribution is 0.524. The Hall–Kier alpha value is -1.20. The molecule has 1 aromatic rings. The lowest BCUT2D eigenvalue weighted by atomic mass is 9.93. The summed E-state index contributed by atoms with van der Waals surface area (Å²) in [7, 11) is 0.